The van der Waals surface area contributed by atoms with Gasteiger partial charge in [0.15, 0.2) is 0 Å². The zero-order valence-corrected chi connectivity index (χ0v) is 13.9. The molecule has 0 spiro atoms. The Hall–Kier alpha value is -2.12. The molecule has 5 nitrogen and oxygen atoms in total. The number of carbonyl (C=O) groups is 1. The molecule has 3 N–H and O–H groups in total. The van der Waals surface area contributed by atoms with Gasteiger partial charge in [-0.2, -0.15) is 11.3 Å². The fourth-order valence-electron chi connectivity index (χ4n) is 2.04. The maximum absolute atomic E-state index is 13.8. The molecule has 1 aromatic carbocycles. The minimum atomic E-state index is -0.733. The summed E-state index contributed by atoms with van der Waals surface area (Å²) in [6.07, 6.45) is -0.733. The molecule has 7 heteroatoms. The number of anilines is 1. The minimum Gasteiger partial charge on any atom is -0.387 e. The van der Waals surface area contributed by atoms with Crippen LogP contribution in [0.1, 0.15) is 17.2 Å². The van der Waals surface area contributed by atoms with Crippen molar-refractivity contribution in [3.8, 4) is 0 Å². The van der Waals surface area contributed by atoms with Crippen molar-refractivity contribution in [3.63, 3.8) is 0 Å². The maximum atomic E-state index is 13.8. The van der Waals surface area contributed by atoms with Crippen LogP contribution in [0.2, 0.25) is 0 Å². The molecule has 23 heavy (non-hydrogen) atoms. The fraction of sp³-hybridized carbons (Fsp3) is 0.312. The molecule has 2 rings (SSSR count). The van der Waals surface area contributed by atoms with E-state index in [1.165, 1.54) is 17.4 Å². The lowest BCUT2D eigenvalue weighted by atomic mass is 10.2. The Morgan fingerprint density at radius 1 is 1.35 bits per heavy atom. The van der Waals surface area contributed by atoms with Gasteiger partial charge in [0.25, 0.3) is 0 Å². The van der Waals surface area contributed by atoms with Gasteiger partial charge in [0.2, 0.25) is 0 Å². The molecule has 2 amide bonds. The Bertz CT molecular complexity index is 647. The van der Waals surface area contributed by atoms with E-state index in [4.69, 9.17) is 0 Å². The van der Waals surface area contributed by atoms with Gasteiger partial charge in [-0.15, -0.1) is 0 Å². The quantitative estimate of drug-likeness (QED) is 0.759. The first-order valence-electron chi connectivity index (χ1n) is 7.15. The van der Waals surface area contributed by atoms with Gasteiger partial charge in [0.05, 0.1) is 11.8 Å². The first-order chi connectivity index (χ1) is 11.0. The van der Waals surface area contributed by atoms with Crippen molar-refractivity contribution in [3.05, 3.63) is 52.0 Å². The van der Waals surface area contributed by atoms with Crippen molar-refractivity contribution in [2.45, 2.75) is 12.6 Å². The van der Waals surface area contributed by atoms with E-state index in [9.17, 15) is 14.3 Å². The monoisotopic (exact) mass is 337 g/mol. The van der Waals surface area contributed by atoms with Crippen LogP contribution < -0.4 is 15.5 Å². The molecule has 2 aromatic rings. The molecule has 1 aromatic heterocycles. The van der Waals surface area contributed by atoms with Crippen LogP contribution in [-0.4, -0.2) is 31.8 Å². The number of thiophene rings is 1. The van der Waals surface area contributed by atoms with Gasteiger partial charge < -0.3 is 20.6 Å². The summed E-state index contributed by atoms with van der Waals surface area (Å²) in [4.78, 5) is 13.4. The summed E-state index contributed by atoms with van der Waals surface area (Å²) in [5.74, 6) is -0.331. The Kier molecular flexibility index (Phi) is 5.95. The molecule has 0 saturated heterocycles. The summed E-state index contributed by atoms with van der Waals surface area (Å²) in [5.41, 5.74) is 1.94. The molecular weight excluding hydrogens is 317 g/mol. The summed E-state index contributed by atoms with van der Waals surface area (Å²) in [5, 5.41) is 18.8. The lowest BCUT2D eigenvalue weighted by molar-refractivity contribution is 0.173. The van der Waals surface area contributed by atoms with E-state index in [2.05, 4.69) is 10.6 Å². The summed E-state index contributed by atoms with van der Waals surface area (Å²) in [6.45, 7) is 0.335. The number of aliphatic hydroxyl groups excluding tert-OH is 1. The summed E-state index contributed by atoms with van der Waals surface area (Å²) < 4.78 is 13.8. The number of nitrogens with one attached hydrogen (secondary N) is 2. The van der Waals surface area contributed by atoms with Crippen molar-refractivity contribution in [1.82, 2.24) is 10.6 Å². The van der Waals surface area contributed by atoms with E-state index in [0.29, 0.717) is 11.3 Å². The second-order valence-corrected chi connectivity index (χ2v) is 6.10. The number of hydrogen-bond acceptors (Lipinski definition) is 4. The van der Waals surface area contributed by atoms with E-state index in [1.54, 1.807) is 31.1 Å². The molecule has 0 aliphatic rings. The van der Waals surface area contributed by atoms with Gasteiger partial charge >= 0.3 is 6.03 Å². The highest BCUT2D eigenvalue weighted by molar-refractivity contribution is 7.07. The summed E-state index contributed by atoms with van der Waals surface area (Å²) in [7, 11) is 3.53. The third-order valence-electron chi connectivity index (χ3n) is 3.33. The predicted molar refractivity (Wildman–Crippen MR) is 90.2 cm³/mol. The maximum Gasteiger partial charge on any atom is 0.315 e. The average Bonchev–Trinajstić information content (AvgIpc) is 3.04. The van der Waals surface area contributed by atoms with Gasteiger partial charge in [0.1, 0.15) is 5.82 Å². The van der Waals surface area contributed by atoms with Gasteiger partial charge in [-0.05, 0) is 40.1 Å². The van der Waals surface area contributed by atoms with Gasteiger partial charge in [-0.1, -0.05) is 6.07 Å². The Labute approximate surface area is 138 Å². The number of hydrogen-bond donors (Lipinski definition) is 3. The van der Waals surface area contributed by atoms with E-state index in [0.717, 1.165) is 5.56 Å². The zero-order chi connectivity index (χ0) is 16.8. The second-order valence-electron chi connectivity index (χ2n) is 5.32. The van der Waals surface area contributed by atoms with Crippen LogP contribution in [0.15, 0.2) is 35.0 Å². The average molecular weight is 337 g/mol. The van der Waals surface area contributed by atoms with Crippen molar-refractivity contribution < 1.29 is 14.3 Å². The van der Waals surface area contributed by atoms with E-state index in [-0.39, 0.29) is 18.9 Å². The predicted octanol–water partition coefficient (Wildman–Crippen LogP) is 2.49. The zero-order valence-electron chi connectivity index (χ0n) is 13.0. The highest BCUT2D eigenvalue weighted by Crippen LogP contribution is 2.18. The number of halogens is 1. The second kappa shape index (κ2) is 7.94. The molecule has 0 fully saturated rings. The lowest BCUT2D eigenvalue weighted by Crippen LogP contribution is -2.37. The van der Waals surface area contributed by atoms with E-state index < -0.39 is 12.1 Å². The molecule has 124 valence electrons. The number of rotatable bonds is 6. The number of amides is 2. The van der Waals surface area contributed by atoms with Crippen LogP contribution in [0.3, 0.4) is 0 Å². The molecule has 1 unspecified atom stereocenters. The van der Waals surface area contributed by atoms with Crippen LogP contribution >= 0.6 is 11.3 Å². The van der Waals surface area contributed by atoms with Gasteiger partial charge in [-0.25, -0.2) is 9.18 Å². The van der Waals surface area contributed by atoms with Crippen LogP contribution in [-0.2, 0) is 6.54 Å². The SMILES string of the molecule is CN(C)c1ccc(CNC(=O)NCC(O)c2ccsc2)cc1F. The highest BCUT2D eigenvalue weighted by Gasteiger charge is 2.10. The molecule has 0 aliphatic carbocycles. The Balaban J connectivity index is 1.79. The lowest BCUT2D eigenvalue weighted by Gasteiger charge is -2.15. The molecule has 1 heterocycles. The molecule has 0 bridgehead atoms. The van der Waals surface area contributed by atoms with Crippen LogP contribution in [0.25, 0.3) is 0 Å². The third-order valence-corrected chi connectivity index (χ3v) is 4.03. The summed E-state index contributed by atoms with van der Waals surface area (Å²) in [6, 6.07) is 6.24. The number of urea groups is 1. The molecule has 0 radical (unpaired) electrons. The number of aliphatic hydroxyl groups is 1. The van der Waals surface area contributed by atoms with Crippen molar-refractivity contribution >= 4 is 23.1 Å². The highest BCUT2D eigenvalue weighted by atomic mass is 32.1. The van der Waals surface area contributed by atoms with Crippen molar-refractivity contribution in [2.75, 3.05) is 25.5 Å². The van der Waals surface area contributed by atoms with Crippen molar-refractivity contribution in [1.29, 1.82) is 0 Å². The first-order valence-corrected chi connectivity index (χ1v) is 8.09. The third kappa shape index (κ3) is 4.94. The van der Waals surface area contributed by atoms with Crippen LogP contribution in [0, 0.1) is 5.82 Å². The van der Waals surface area contributed by atoms with Gasteiger partial charge in [-0.3, -0.25) is 0 Å². The van der Waals surface area contributed by atoms with Crippen LogP contribution in [0.4, 0.5) is 14.9 Å². The topological polar surface area (TPSA) is 64.6 Å². The Morgan fingerprint density at radius 3 is 2.74 bits per heavy atom. The summed E-state index contributed by atoms with van der Waals surface area (Å²) >= 11 is 1.49. The molecule has 0 aliphatic heterocycles. The number of carbonyl (C=O) groups excluding carboxylic acids is 1. The molecule has 0 saturated carbocycles. The standard InChI is InChI=1S/C16H20FN3O2S/c1-20(2)14-4-3-11(7-13(14)17)8-18-16(22)19-9-15(21)12-5-6-23-10-12/h3-7,10,15,21H,8-9H2,1-2H3,(H2,18,19,22). The first kappa shape index (κ1) is 17.2. The fourth-order valence-corrected chi connectivity index (χ4v) is 2.75. The normalized spacial score (nSPS) is 11.8. The van der Waals surface area contributed by atoms with Crippen molar-refractivity contribution in [2.24, 2.45) is 0 Å². The largest absolute Gasteiger partial charge is 0.387 e. The van der Waals surface area contributed by atoms with Gasteiger partial charge in [0, 0.05) is 27.2 Å². The van der Waals surface area contributed by atoms with E-state index >= 15 is 0 Å². The molecule has 1 atom stereocenters. The smallest absolute Gasteiger partial charge is 0.315 e. The van der Waals surface area contributed by atoms with Crippen LogP contribution in [0.5, 0.6) is 0 Å². The number of nitrogens with zero attached hydrogens (tertiary/aromatic N) is 1. The minimum absolute atomic E-state index is 0.122. The molecular formula is C16H20FN3O2S. The van der Waals surface area contributed by atoms with E-state index in [1.807, 2.05) is 16.8 Å². The Morgan fingerprint density at radius 2 is 2.13 bits per heavy atom. The number of benzene rings is 1.